The first-order valence-corrected chi connectivity index (χ1v) is 17.5. The molecule has 52 heavy (non-hydrogen) atoms. The third-order valence-electron chi connectivity index (χ3n) is 10.3. The van der Waals surface area contributed by atoms with Crippen LogP contribution < -0.4 is 0 Å². The van der Waals surface area contributed by atoms with Crippen LogP contribution in [0, 0.1) is 0 Å². The number of benzene rings is 8. The van der Waals surface area contributed by atoms with E-state index in [2.05, 4.69) is 167 Å². The van der Waals surface area contributed by atoms with E-state index in [-0.39, 0.29) is 0 Å². The van der Waals surface area contributed by atoms with E-state index < -0.39 is 0 Å². The monoisotopic (exact) mass is 663 g/mol. The highest BCUT2D eigenvalue weighted by atomic mass is 15.2. The highest BCUT2D eigenvalue weighted by Gasteiger charge is 2.22. The molecule has 0 amide bonds. The summed E-state index contributed by atoms with van der Waals surface area (Å²) in [4.78, 5) is 15.5. The normalized spacial score (nSPS) is 11.8. The molecule has 0 fully saturated rings. The number of rotatable bonds is 4. The van der Waals surface area contributed by atoms with Crippen LogP contribution >= 0.6 is 0 Å². The summed E-state index contributed by atoms with van der Waals surface area (Å²) in [6, 6.07) is 62.1. The van der Waals surface area contributed by atoms with Crippen molar-refractivity contribution in [2.45, 2.75) is 0 Å². The second-order valence-corrected chi connectivity index (χ2v) is 13.3. The van der Waals surface area contributed by atoms with Crippen LogP contribution in [0.5, 0.6) is 0 Å². The van der Waals surface area contributed by atoms with Gasteiger partial charge < -0.3 is 4.57 Å². The lowest BCUT2D eigenvalue weighted by Gasteiger charge is -2.12. The predicted octanol–water partition coefficient (Wildman–Crippen LogP) is 11.7. The molecule has 0 spiro atoms. The molecule has 5 nitrogen and oxygen atoms in total. The number of hydrogen-bond acceptors (Lipinski definition) is 3. The van der Waals surface area contributed by atoms with Crippen molar-refractivity contribution in [1.29, 1.82) is 0 Å². The molecule has 242 valence electrons. The maximum Gasteiger partial charge on any atom is 0.238 e. The van der Waals surface area contributed by atoms with E-state index in [1.54, 1.807) is 0 Å². The molecule has 0 bridgehead atoms. The lowest BCUT2D eigenvalue weighted by molar-refractivity contribution is 0.954. The predicted molar refractivity (Wildman–Crippen MR) is 214 cm³/mol. The molecule has 0 atom stereocenters. The Balaban J connectivity index is 1.26. The van der Waals surface area contributed by atoms with Gasteiger partial charge in [-0.05, 0) is 52.6 Å². The lowest BCUT2D eigenvalue weighted by Crippen LogP contribution is -2.06. The molecule has 11 aromatic rings. The molecule has 0 N–H and O–H groups in total. The third-order valence-corrected chi connectivity index (χ3v) is 10.3. The molecule has 0 unspecified atom stereocenters. The fourth-order valence-electron chi connectivity index (χ4n) is 7.94. The Morgan fingerprint density at radius 1 is 0.327 bits per heavy atom. The Morgan fingerprint density at radius 3 is 1.77 bits per heavy atom. The summed E-state index contributed by atoms with van der Waals surface area (Å²) < 4.78 is 4.63. The van der Waals surface area contributed by atoms with Gasteiger partial charge in [-0.3, -0.25) is 4.57 Å². The van der Waals surface area contributed by atoms with E-state index in [0.717, 1.165) is 49.5 Å². The van der Waals surface area contributed by atoms with Crippen molar-refractivity contribution in [3.63, 3.8) is 0 Å². The van der Waals surface area contributed by atoms with Gasteiger partial charge in [0.05, 0.1) is 22.1 Å². The van der Waals surface area contributed by atoms with E-state index in [1.807, 2.05) is 18.2 Å². The Bertz CT molecular complexity index is 3180. The van der Waals surface area contributed by atoms with Gasteiger partial charge in [-0.2, -0.15) is 9.97 Å². The van der Waals surface area contributed by atoms with Gasteiger partial charge in [0.15, 0.2) is 11.6 Å². The highest BCUT2D eigenvalue weighted by Crippen LogP contribution is 2.41. The molecule has 8 aromatic carbocycles. The number of hydrogen-bond donors (Lipinski definition) is 0. The standard InChI is InChI=1S/C47H29N5/c1-3-15-32(16-4-1)45-48-46(34-24-23-30-13-7-8-17-33(30)27-34)50-47(49-45)52-41-22-12-11-21-37(41)39-28-40-38-26-25-31-14-9-10-20-36(31)44(38)51(42(40)29-43(39)52)35-18-5-2-6-19-35/h1-29H. The summed E-state index contributed by atoms with van der Waals surface area (Å²) in [5.41, 5.74) is 7.40. The van der Waals surface area contributed by atoms with Crippen LogP contribution in [0.3, 0.4) is 0 Å². The summed E-state index contributed by atoms with van der Waals surface area (Å²) in [6.07, 6.45) is 0. The average Bonchev–Trinajstić information content (AvgIpc) is 3.72. The van der Waals surface area contributed by atoms with Gasteiger partial charge in [0.2, 0.25) is 5.95 Å². The fourth-order valence-corrected chi connectivity index (χ4v) is 7.94. The Kier molecular flexibility index (Phi) is 6.18. The van der Waals surface area contributed by atoms with Gasteiger partial charge in [0, 0.05) is 43.7 Å². The molecule has 0 saturated heterocycles. The third kappa shape index (κ3) is 4.33. The zero-order valence-corrected chi connectivity index (χ0v) is 28.0. The van der Waals surface area contributed by atoms with Crippen molar-refractivity contribution < 1.29 is 0 Å². The maximum atomic E-state index is 5.26. The molecule has 0 aliphatic carbocycles. The maximum absolute atomic E-state index is 5.26. The highest BCUT2D eigenvalue weighted by molar-refractivity contribution is 6.23. The van der Waals surface area contributed by atoms with Crippen LogP contribution in [0.2, 0.25) is 0 Å². The SMILES string of the molecule is c1ccc(-c2nc(-c3ccc4ccccc4c3)nc(-n3c4ccccc4c4cc5c6ccc7ccccc7c6n(-c6ccccc6)c5cc43)n2)cc1. The molecule has 0 aliphatic heterocycles. The van der Waals surface area contributed by atoms with Crippen molar-refractivity contribution in [2.24, 2.45) is 0 Å². The van der Waals surface area contributed by atoms with Crippen LogP contribution in [0.25, 0.3) is 99.6 Å². The van der Waals surface area contributed by atoms with Crippen molar-refractivity contribution >= 4 is 65.2 Å². The second kappa shape index (κ2) is 11.2. The minimum absolute atomic E-state index is 0.579. The van der Waals surface area contributed by atoms with Crippen LogP contribution in [-0.2, 0) is 0 Å². The van der Waals surface area contributed by atoms with E-state index in [9.17, 15) is 0 Å². The van der Waals surface area contributed by atoms with E-state index in [0.29, 0.717) is 17.6 Å². The van der Waals surface area contributed by atoms with Crippen LogP contribution in [0.15, 0.2) is 176 Å². The smallest absolute Gasteiger partial charge is 0.238 e. The van der Waals surface area contributed by atoms with Gasteiger partial charge in [0.25, 0.3) is 0 Å². The van der Waals surface area contributed by atoms with Gasteiger partial charge in [-0.15, -0.1) is 0 Å². The molecule has 0 saturated carbocycles. The minimum atomic E-state index is 0.579. The van der Waals surface area contributed by atoms with Crippen molar-refractivity contribution in [3.8, 4) is 34.4 Å². The van der Waals surface area contributed by atoms with Crippen molar-refractivity contribution in [1.82, 2.24) is 24.1 Å². The zero-order valence-electron chi connectivity index (χ0n) is 28.0. The molecular weight excluding hydrogens is 635 g/mol. The Labute approximate surface area is 298 Å². The molecule has 0 radical (unpaired) electrons. The van der Waals surface area contributed by atoms with Crippen molar-refractivity contribution in [3.05, 3.63) is 176 Å². The molecule has 3 aromatic heterocycles. The molecule has 11 rings (SSSR count). The number of aromatic nitrogens is 5. The van der Waals surface area contributed by atoms with Gasteiger partial charge in [0.1, 0.15) is 0 Å². The summed E-state index contributed by atoms with van der Waals surface area (Å²) in [5, 5.41) is 9.49. The molecule has 5 heteroatoms. The first kappa shape index (κ1) is 28.7. The fraction of sp³-hybridized carbons (Fsp3) is 0. The summed E-state index contributed by atoms with van der Waals surface area (Å²) >= 11 is 0. The van der Waals surface area contributed by atoms with E-state index in [1.165, 1.54) is 32.4 Å². The topological polar surface area (TPSA) is 48.5 Å². The minimum Gasteiger partial charge on any atom is -0.309 e. The quantitative estimate of drug-likeness (QED) is 0.188. The first-order valence-electron chi connectivity index (χ1n) is 17.5. The van der Waals surface area contributed by atoms with Crippen LogP contribution in [0.4, 0.5) is 0 Å². The molecule has 0 aliphatic rings. The lowest BCUT2D eigenvalue weighted by atomic mass is 10.0. The van der Waals surface area contributed by atoms with Crippen LogP contribution in [-0.4, -0.2) is 24.1 Å². The number of fused-ring (bicyclic) bond motifs is 9. The van der Waals surface area contributed by atoms with Gasteiger partial charge in [-0.25, -0.2) is 4.98 Å². The van der Waals surface area contributed by atoms with Gasteiger partial charge >= 0.3 is 0 Å². The number of para-hydroxylation sites is 2. The largest absolute Gasteiger partial charge is 0.309 e. The summed E-state index contributed by atoms with van der Waals surface area (Å²) in [6.45, 7) is 0. The average molecular weight is 664 g/mol. The molecule has 3 heterocycles. The summed E-state index contributed by atoms with van der Waals surface area (Å²) in [7, 11) is 0. The molecular formula is C47H29N5. The zero-order chi connectivity index (χ0) is 34.2. The Hall–Kier alpha value is -7.11. The van der Waals surface area contributed by atoms with Crippen LogP contribution in [0.1, 0.15) is 0 Å². The van der Waals surface area contributed by atoms with E-state index >= 15 is 0 Å². The summed E-state index contributed by atoms with van der Waals surface area (Å²) in [5.74, 6) is 1.84. The van der Waals surface area contributed by atoms with Crippen molar-refractivity contribution in [2.75, 3.05) is 0 Å². The second-order valence-electron chi connectivity index (χ2n) is 13.3. The van der Waals surface area contributed by atoms with Gasteiger partial charge in [-0.1, -0.05) is 140 Å². The number of nitrogens with zero attached hydrogens (tertiary/aromatic N) is 5. The van der Waals surface area contributed by atoms with E-state index in [4.69, 9.17) is 15.0 Å². The Morgan fingerprint density at radius 2 is 0.942 bits per heavy atom. The first-order chi connectivity index (χ1) is 25.8.